The number of rotatable bonds is 4. The summed E-state index contributed by atoms with van der Waals surface area (Å²) in [6.45, 7) is 0.701. The summed E-state index contributed by atoms with van der Waals surface area (Å²) in [5.41, 5.74) is 0.722. The minimum absolute atomic E-state index is 0.0124. The smallest absolute Gasteiger partial charge is 0.252 e. The second kappa shape index (κ2) is 6.85. The molecule has 1 aromatic rings. The molecule has 0 radical (unpaired) electrons. The normalized spacial score (nSPS) is 10.1. The van der Waals surface area contributed by atoms with Crippen molar-refractivity contribution in [2.24, 2.45) is 0 Å². The van der Waals surface area contributed by atoms with Crippen LogP contribution in [-0.2, 0) is 0 Å². The summed E-state index contributed by atoms with van der Waals surface area (Å²) in [7, 11) is 0. The largest absolute Gasteiger partial charge is 0.352 e. The Labute approximate surface area is 120 Å². The highest BCUT2D eigenvalue weighted by atomic mass is 127. The Hall–Kier alpha value is 0.380. The van der Waals surface area contributed by atoms with Crippen LogP contribution in [0.1, 0.15) is 16.8 Å². The number of benzene rings is 1. The van der Waals surface area contributed by atoms with Gasteiger partial charge in [0.2, 0.25) is 0 Å². The van der Waals surface area contributed by atoms with Gasteiger partial charge in [-0.05, 0) is 47.2 Å². The topological polar surface area (TPSA) is 29.1 Å². The SMILES string of the molecule is O=C(NCCCBr)c1cc(Br)ccc1I. The van der Waals surface area contributed by atoms with E-state index in [1.54, 1.807) is 0 Å². The van der Waals surface area contributed by atoms with Crippen molar-refractivity contribution in [3.05, 3.63) is 31.8 Å². The summed E-state index contributed by atoms with van der Waals surface area (Å²) < 4.78 is 1.89. The molecule has 5 heteroatoms. The summed E-state index contributed by atoms with van der Waals surface area (Å²) in [5.74, 6) is -0.0124. The highest BCUT2D eigenvalue weighted by Gasteiger charge is 2.09. The number of carbonyl (C=O) groups excluding carboxylic acids is 1. The molecule has 0 aliphatic heterocycles. The predicted octanol–water partition coefficient (Wildman–Crippen LogP) is 3.57. The third kappa shape index (κ3) is 4.40. The molecule has 0 aliphatic carbocycles. The van der Waals surface area contributed by atoms with Gasteiger partial charge in [-0.3, -0.25) is 4.79 Å². The monoisotopic (exact) mass is 445 g/mol. The average molecular weight is 447 g/mol. The van der Waals surface area contributed by atoms with Crippen molar-refractivity contribution in [2.75, 3.05) is 11.9 Å². The Kier molecular flexibility index (Phi) is 6.14. The molecule has 0 bridgehead atoms. The van der Waals surface area contributed by atoms with Gasteiger partial charge in [0.15, 0.2) is 0 Å². The van der Waals surface area contributed by atoms with Crippen LogP contribution in [0.25, 0.3) is 0 Å². The molecular weight excluding hydrogens is 437 g/mol. The van der Waals surface area contributed by atoms with Gasteiger partial charge in [-0.25, -0.2) is 0 Å². The van der Waals surface area contributed by atoms with E-state index in [-0.39, 0.29) is 5.91 Å². The molecule has 1 amide bonds. The van der Waals surface area contributed by atoms with Crippen molar-refractivity contribution < 1.29 is 4.79 Å². The maximum absolute atomic E-state index is 11.7. The number of nitrogens with one attached hydrogen (secondary N) is 1. The van der Waals surface area contributed by atoms with Gasteiger partial charge in [0.25, 0.3) is 5.91 Å². The van der Waals surface area contributed by atoms with Crippen LogP contribution in [0.15, 0.2) is 22.7 Å². The molecule has 0 heterocycles. The Morgan fingerprint density at radius 2 is 2.20 bits per heavy atom. The maximum atomic E-state index is 11.7. The summed E-state index contributed by atoms with van der Waals surface area (Å²) in [6, 6.07) is 5.69. The Morgan fingerprint density at radius 3 is 2.87 bits per heavy atom. The lowest BCUT2D eigenvalue weighted by atomic mass is 10.2. The van der Waals surface area contributed by atoms with Crippen LogP contribution in [0.3, 0.4) is 0 Å². The highest BCUT2D eigenvalue weighted by molar-refractivity contribution is 14.1. The fourth-order valence-electron chi connectivity index (χ4n) is 1.04. The van der Waals surface area contributed by atoms with Crippen LogP contribution < -0.4 is 5.32 Å². The number of hydrogen-bond donors (Lipinski definition) is 1. The van der Waals surface area contributed by atoms with Crippen LogP contribution in [0, 0.1) is 3.57 Å². The van der Waals surface area contributed by atoms with Crippen molar-refractivity contribution in [2.45, 2.75) is 6.42 Å². The van der Waals surface area contributed by atoms with Gasteiger partial charge in [0, 0.05) is 19.9 Å². The summed E-state index contributed by atoms with van der Waals surface area (Å²) >= 11 is 8.84. The van der Waals surface area contributed by atoms with E-state index in [0.717, 1.165) is 25.4 Å². The summed E-state index contributed by atoms with van der Waals surface area (Å²) in [5, 5.41) is 3.78. The molecule has 0 aliphatic rings. The Morgan fingerprint density at radius 1 is 1.47 bits per heavy atom. The first-order valence-electron chi connectivity index (χ1n) is 4.44. The standard InChI is InChI=1S/C10H10Br2INO/c11-4-1-5-14-10(15)8-6-7(12)2-3-9(8)13/h2-3,6H,1,4-5H2,(H,14,15). The number of halogens is 3. The van der Waals surface area contributed by atoms with Gasteiger partial charge < -0.3 is 5.32 Å². The Balaban J connectivity index is 2.68. The van der Waals surface area contributed by atoms with Crippen molar-refractivity contribution in [3.63, 3.8) is 0 Å². The fourth-order valence-corrected chi connectivity index (χ4v) is 2.26. The minimum Gasteiger partial charge on any atom is -0.352 e. The lowest BCUT2D eigenvalue weighted by Crippen LogP contribution is -2.25. The lowest BCUT2D eigenvalue weighted by molar-refractivity contribution is 0.0953. The predicted molar refractivity (Wildman–Crippen MR) is 77.6 cm³/mol. The van der Waals surface area contributed by atoms with E-state index >= 15 is 0 Å². The number of hydrogen-bond acceptors (Lipinski definition) is 1. The molecule has 0 fully saturated rings. The van der Waals surface area contributed by atoms with Crippen LogP contribution in [0.4, 0.5) is 0 Å². The lowest BCUT2D eigenvalue weighted by Gasteiger charge is -2.06. The van der Waals surface area contributed by atoms with E-state index in [4.69, 9.17) is 0 Å². The van der Waals surface area contributed by atoms with Crippen LogP contribution in [0.2, 0.25) is 0 Å². The second-order valence-corrected chi connectivity index (χ2v) is 5.79. The van der Waals surface area contributed by atoms with E-state index in [1.165, 1.54) is 0 Å². The van der Waals surface area contributed by atoms with E-state index in [0.29, 0.717) is 6.54 Å². The van der Waals surface area contributed by atoms with Crippen molar-refractivity contribution in [1.29, 1.82) is 0 Å². The third-order valence-corrected chi connectivity index (χ3v) is 3.76. The number of amides is 1. The van der Waals surface area contributed by atoms with Crippen molar-refractivity contribution in [3.8, 4) is 0 Å². The number of alkyl halides is 1. The van der Waals surface area contributed by atoms with E-state index in [2.05, 4.69) is 59.8 Å². The molecule has 0 unspecified atom stereocenters. The Bertz CT molecular complexity index is 357. The summed E-state index contributed by atoms with van der Waals surface area (Å²) in [4.78, 5) is 11.7. The van der Waals surface area contributed by atoms with Crippen LogP contribution in [0.5, 0.6) is 0 Å². The van der Waals surface area contributed by atoms with Crippen molar-refractivity contribution in [1.82, 2.24) is 5.32 Å². The van der Waals surface area contributed by atoms with Gasteiger partial charge >= 0.3 is 0 Å². The molecule has 0 saturated heterocycles. The molecule has 0 spiro atoms. The van der Waals surface area contributed by atoms with Crippen LogP contribution >= 0.6 is 54.5 Å². The molecule has 0 saturated carbocycles. The van der Waals surface area contributed by atoms with Gasteiger partial charge in [0.1, 0.15) is 0 Å². The van der Waals surface area contributed by atoms with Crippen molar-refractivity contribution >= 4 is 60.4 Å². The molecular formula is C10H10Br2INO. The molecule has 1 N–H and O–H groups in total. The second-order valence-electron chi connectivity index (χ2n) is 2.92. The summed E-state index contributed by atoms with van der Waals surface area (Å²) in [6.07, 6.45) is 0.941. The first-order valence-corrected chi connectivity index (χ1v) is 7.43. The fraction of sp³-hybridized carbons (Fsp3) is 0.300. The number of carbonyl (C=O) groups is 1. The molecule has 15 heavy (non-hydrogen) atoms. The van der Waals surface area contributed by atoms with Crippen LogP contribution in [-0.4, -0.2) is 17.8 Å². The first-order chi connectivity index (χ1) is 7.15. The van der Waals surface area contributed by atoms with E-state index in [9.17, 15) is 4.79 Å². The molecule has 0 aromatic heterocycles. The molecule has 1 aromatic carbocycles. The molecule has 2 nitrogen and oxygen atoms in total. The van der Waals surface area contributed by atoms with E-state index in [1.807, 2.05) is 18.2 Å². The highest BCUT2D eigenvalue weighted by Crippen LogP contribution is 2.18. The molecule has 0 atom stereocenters. The zero-order valence-corrected chi connectivity index (χ0v) is 13.2. The maximum Gasteiger partial charge on any atom is 0.252 e. The van der Waals surface area contributed by atoms with Gasteiger partial charge in [0.05, 0.1) is 5.56 Å². The molecule has 82 valence electrons. The average Bonchev–Trinajstić information content (AvgIpc) is 2.22. The molecule has 1 rings (SSSR count). The van der Waals surface area contributed by atoms with Gasteiger partial charge in [-0.15, -0.1) is 0 Å². The van der Waals surface area contributed by atoms with Gasteiger partial charge in [-0.1, -0.05) is 31.9 Å². The zero-order valence-electron chi connectivity index (χ0n) is 7.90. The zero-order chi connectivity index (χ0) is 11.3. The third-order valence-electron chi connectivity index (χ3n) is 1.77. The van der Waals surface area contributed by atoms with E-state index < -0.39 is 0 Å². The van der Waals surface area contributed by atoms with Gasteiger partial charge in [-0.2, -0.15) is 0 Å². The quantitative estimate of drug-likeness (QED) is 0.427. The first kappa shape index (κ1) is 13.4. The minimum atomic E-state index is -0.0124.